The van der Waals surface area contributed by atoms with Crippen LogP contribution in [-0.2, 0) is 6.54 Å². The van der Waals surface area contributed by atoms with Crippen LogP contribution in [0.25, 0.3) is 0 Å². The molecular weight excluding hydrogens is 350 g/mol. The monoisotopic (exact) mass is 367 g/mol. The molecule has 0 aliphatic heterocycles. The van der Waals surface area contributed by atoms with Gasteiger partial charge in [-0.25, -0.2) is 0 Å². The second-order valence-corrected chi connectivity index (χ2v) is 5.95. The van der Waals surface area contributed by atoms with Crippen LogP contribution in [0.3, 0.4) is 0 Å². The summed E-state index contributed by atoms with van der Waals surface area (Å²) in [5.74, 6) is 1.83. The van der Waals surface area contributed by atoms with Crippen molar-refractivity contribution < 1.29 is 14.3 Å². The molecule has 0 saturated carbocycles. The van der Waals surface area contributed by atoms with Crippen molar-refractivity contribution in [2.75, 3.05) is 7.11 Å². The van der Waals surface area contributed by atoms with E-state index in [9.17, 15) is 4.79 Å². The first kappa shape index (κ1) is 17.8. The minimum Gasteiger partial charge on any atom is -0.497 e. The van der Waals surface area contributed by atoms with Gasteiger partial charge in [0.1, 0.15) is 17.2 Å². The fraction of sp³-hybridized carbons (Fsp3) is 0.0952. The summed E-state index contributed by atoms with van der Waals surface area (Å²) in [4.78, 5) is 12.3. The molecule has 0 aromatic heterocycles. The molecule has 5 heteroatoms. The molecule has 0 bridgehead atoms. The highest BCUT2D eigenvalue weighted by atomic mass is 35.5. The van der Waals surface area contributed by atoms with Gasteiger partial charge in [0.05, 0.1) is 7.11 Å². The fourth-order valence-electron chi connectivity index (χ4n) is 2.44. The number of hydrogen-bond acceptors (Lipinski definition) is 3. The smallest absolute Gasteiger partial charge is 0.251 e. The van der Waals surface area contributed by atoms with Crippen molar-refractivity contribution in [1.82, 2.24) is 5.32 Å². The van der Waals surface area contributed by atoms with Crippen molar-refractivity contribution in [1.29, 1.82) is 0 Å². The van der Waals surface area contributed by atoms with Crippen LogP contribution in [0.15, 0.2) is 72.8 Å². The van der Waals surface area contributed by atoms with E-state index in [2.05, 4.69) is 5.32 Å². The maximum Gasteiger partial charge on any atom is 0.251 e. The van der Waals surface area contributed by atoms with E-state index in [4.69, 9.17) is 21.1 Å². The lowest BCUT2D eigenvalue weighted by atomic mass is 10.1. The first-order valence-corrected chi connectivity index (χ1v) is 8.47. The number of carbonyl (C=O) groups excluding carboxylic acids is 1. The molecule has 0 atom stereocenters. The van der Waals surface area contributed by atoms with E-state index in [0.29, 0.717) is 27.6 Å². The van der Waals surface area contributed by atoms with E-state index < -0.39 is 0 Å². The summed E-state index contributed by atoms with van der Waals surface area (Å²) in [5, 5.41) is 3.41. The van der Waals surface area contributed by atoms with Gasteiger partial charge in [0.2, 0.25) is 0 Å². The van der Waals surface area contributed by atoms with E-state index in [0.717, 1.165) is 5.75 Å². The molecule has 3 rings (SSSR count). The Hall–Kier alpha value is -2.98. The van der Waals surface area contributed by atoms with Crippen molar-refractivity contribution in [3.63, 3.8) is 0 Å². The van der Waals surface area contributed by atoms with Gasteiger partial charge in [0.25, 0.3) is 5.91 Å². The Labute approximate surface area is 157 Å². The SMILES string of the molecule is COc1ccc(Oc2cccc(Cl)c2CNC(=O)c2ccccc2)cc1. The molecule has 1 amide bonds. The molecule has 1 N–H and O–H groups in total. The quantitative estimate of drug-likeness (QED) is 0.661. The van der Waals surface area contributed by atoms with Gasteiger partial charge in [-0.3, -0.25) is 4.79 Å². The Morgan fingerprint density at radius 2 is 1.62 bits per heavy atom. The summed E-state index contributed by atoms with van der Waals surface area (Å²) in [6.45, 7) is 0.263. The van der Waals surface area contributed by atoms with Gasteiger partial charge in [-0.2, -0.15) is 0 Å². The number of benzene rings is 3. The lowest BCUT2D eigenvalue weighted by Gasteiger charge is -2.14. The second kappa shape index (κ2) is 8.41. The van der Waals surface area contributed by atoms with E-state index in [1.807, 2.05) is 54.6 Å². The first-order chi connectivity index (χ1) is 12.7. The summed E-state index contributed by atoms with van der Waals surface area (Å²) in [7, 11) is 1.61. The molecule has 0 spiro atoms. The van der Waals surface area contributed by atoms with Gasteiger partial charge in [-0.15, -0.1) is 0 Å². The van der Waals surface area contributed by atoms with E-state index in [-0.39, 0.29) is 12.5 Å². The second-order valence-electron chi connectivity index (χ2n) is 5.54. The third-order valence-corrected chi connectivity index (χ3v) is 4.18. The highest BCUT2D eigenvalue weighted by molar-refractivity contribution is 6.31. The van der Waals surface area contributed by atoms with Crippen LogP contribution in [-0.4, -0.2) is 13.0 Å². The van der Waals surface area contributed by atoms with Crippen LogP contribution in [0.4, 0.5) is 0 Å². The third-order valence-electron chi connectivity index (χ3n) is 3.82. The van der Waals surface area contributed by atoms with Crippen molar-refractivity contribution in [3.8, 4) is 17.2 Å². The molecule has 0 saturated heterocycles. The predicted octanol–water partition coefficient (Wildman–Crippen LogP) is 5.07. The van der Waals surface area contributed by atoms with Crippen molar-refractivity contribution in [2.45, 2.75) is 6.54 Å². The Morgan fingerprint density at radius 1 is 0.923 bits per heavy atom. The summed E-state index contributed by atoms with van der Waals surface area (Å²) < 4.78 is 11.1. The Bertz CT molecular complexity index is 880. The van der Waals surface area contributed by atoms with Gasteiger partial charge < -0.3 is 14.8 Å². The normalized spacial score (nSPS) is 10.2. The van der Waals surface area contributed by atoms with Crippen LogP contribution in [0, 0.1) is 0 Å². The molecule has 0 heterocycles. The molecule has 3 aromatic rings. The van der Waals surface area contributed by atoms with Crippen LogP contribution in [0.1, 0.15) is 15.9 Å². The molecule has 4 nitrogen and oxygen atoms in total. The number of carbonyl (C=O) groups is 1. The third kappa shape index (κ3) is 4.35. The van der Waals surface area contributed by atoms with Crippen LogP contribution in [0.2, 0.25) is 5.02 Å². The molecule has 132 valence electrons. The molecule has 0 unspecified atom stereocenters. The van der Waals surface area contributed by atoms with Gasteiger partial charge in [0, 0.05) is 22.7 Å². The molecule has 0 aliphatic carbocycles. The minimum absolute atomic E-state index is 0.166. The zero-order valence-corrected chi connectivity index (χ0v) is 15.0. The maximum absolute atomic E-state index is 12.3. The van der Waals surface area contributed by atoms with Gasteiger partial charge >= 0.3 is 0 Å². The first-order valence-electron chi connectivity index (χ1n) is 8.10. The van der Waals surface area contributed by atoms with E-state index in [1.54, 1.807) is 25.3 Å². The largest absolute Gasteiger partial charge is 0.497 e. The number of amides is 1. The molecule has 0 fully saturated rings. The van der Waals surface area contributed by atoms with Crippen LogP contribution < -0.4 is 14.8 Å². The number of nitrogens with one attached hydrogen (secondary N) is 1. The number of hydrogen-bond donors (Lipinski definition) is 1. The van der Waals surface area contributed by atoms with Crippen molar-refractivity contribution >= 4 is 17.5 Å². The summed E-state index contributed by atoms with van der Waals surface area (Å²) >= 11 is 6.32. The minimum atomic E-state index is -0.166. The maximum atomic E-state index is 12.3. The molecular formula is C21H18ClNO3. The highest BCUT2D eigenvalue weighted by Crippen LogP contribution is 2.31. The van der Waals surface area contributed by atoms with Crippen molar-refractivity contribution in [3.05, 3.63) is 88.9 Å². The van der Waals surface area contributed by atoms with E-state index >= 15 is 0 Å². The zero-order valence-electron chi connectivity index (χ0n) is 14.2. The Morgan fingerprint density at radius 3 is 2.31 bits per heavy atom. The summed E-state index contributed by atoms with van der Waals surface area (Å²) in [6.07, 6.45) is 0. The van der Waals surface area contributed by atoms with Gasteiger partial charge in [0.15, 0.2) is 0 Å². The molecule has 3 aromatic carbocycles. The number of rotatable bonds is 6. The summed E-state index contributed by atoms with van der Waals surface area (Å²) in [6, 6.07) is 21.7. The molecule has 0 aliphatic rings. The van der Waals surface area contributed by atoms with Crippen LogP contribution in [0.5, 0.6) is 17.2 Å². The van der Waals surface area contributed by atoms with Gasteiger partial charge in [-0.1, -0.05) is 35.9 Å². The lowest BCUT2D eigenvalue weighted by Crippen LogP contribution is -2.23. The van der Waals surface area contributed by atoms with Crippen LogP contribution >= 0.6 is 11.6 Å². The van der Waals surface area contributed by atoms with Gasteiger partial charge in [-0.05, 0) is 48.5 Å². The average molecular weight is 368 g/mol. The molecule has 0 radical (unpaired) electrons. The predicted molar refractivity (Wildman–Crippen MR) is 102 cm³/mol. The lowest BCUT2D eigenvalue weighted by molar-refractivity contribution is 0.0951. The molecule has 26 heavy (non-hydrogen) atoms. The van der Waals surface area contributed by atoms with Crippen molar-refractivity contribution in [2.24, 2.45) is 0 Å². The summed E-state index contributed by atoms with van der Waals surface area (Å²) in [5.41, 5.74) is 1.31. The highest BCUT2D eigenvalue weighted by Gasteiger charge is 2.12. The van der Waals surface area contributed by atoms with E-state index in [1.165, 1.54) is 0 Å². The number of methoxy groups -OCH3 is 1. The topological polar surface area (TPSA) is 47.6 Å². The standard InChI is InChI=1S/C21H18ClNO3/c1-25-16-10-12-17(13-11-16)26-20-9-5-8-19(22)18(20)14-23-21(24)15-6-3-2-4-7-15/h2-13H,14H2,1H3,(H,23,24). The average Bonchev–Trinajstić information content (AvgIpc) is 2.68. The Kier molecular flexibility index (Phi) is 5.77. The Balaban J connectivity index is 1.75. The number of halogens is 1. The number of ether oxygens (including phenoxy) is 2. The fourth-order valence-corrected chi connectivity index (χ4v) is 2.67. The zero-order chi connectivity index (χ0) is 18.4.